The van der Waals surface area contributed by atoms with Gasteiger partial charge in [-0.2, -0.15) is 4.31 Å². The molecule has 150 valence electrons. The van der Waals surface area contributed by atoms with Gasteiger partial charge in [0.05, 0.1) is 31.1 Å². The maximum Gasteiger partial charge on any atom is 0.243 e. The Hall–Kier alpha value is -2.61. The molecule has 0 amide bonds. The minimum Gasteiger partial charge on any atom is -0.454 e. The highest BCUT2D eigenvalue weighted by Gasteiger charge is 2.30. The lowest BCUT2D eigenvalue weighted by molar-refractivity contribution is -0.917. The molecule has 0 saturated carbocycles. The fraction of sp³-hybridized carbons (Fsp3) is 0.273. The Balaban J connectivity index is 1.26. The number of nitrogens with one attached hydrogen (secondary N) is 1. The first-order valence-corrected chi connectivity index (χ1v) is 11.2. The quantitative estimate of drug-likeness (QED) is 0.709. The summed E-state index contributed by atoms with van der Waals surface area (Å²) in [7, 11) is -3.47. The molecule has 2 aliphatic heterocycles. The summed E-state index contributed by atoms with van der Waals surface area (Å²) in [4.78, 5) is 1.74. The molecule has 7 heteroatoms. The third-order valence-electron chi connectivity index (χ3n) is 5.68. The zero-order valence-corrected chi connectivity index (χ0v) is 16.8. The molecule has 0 aromatic heterocycles. The Morgan fingerprint density at radius 1 is 0.862 bits per heavy atom. The molecule has 29 heavy (non-hydrogen) atoms. The van der Waals surface area contributed by atoms with Crippen molar-refractivity contribution in [2.24, 2.45) is 0 Å². The number of ether oxygens (including phenoxy) is 2. The summed E-state index contributed by atoms with van der Waals surface area (Å²) in [6.45, 7) is 3.73. The molecule has 1 fully saturated rings. The maximum absolute atomic E-state index is 13.1. The minimum absolute atomic E-state index is 0.275. The van der Waals surface area contributed by atoms with Crippen LogP contribution in [0.5, 0.6) is 11.5 Å². The fourth-order valence-electron chi connectivity index (χ4n) is 4.04. The van der Waals surface area contributed by atoms with Crippen LogP contribution in [0, 0.1) is 0 Å². The summed E-state index contributed by atoms with van der Waals surface area (Å²) in [6.07, 6.45) is 0. The van der Waals surface area contributed by atoms with Crippen molar-refractivity contribution in [1.29, 1.82) is 0 Å². The topological polar surface area (TPSA) is 60.3 Å². The molecule has 0 spiro atoms. The molecule has 1 N–H and O–H groups in total. The van der Waals surface area contributed by atoms with Gasteiger partial charge in [-0.25, -0.2) is 8.42 Å². The molecule has 3 aromatic rings. The Morgan fingerprint density at radius 3 is 2.45 bits per heavy atom. The molecule has 2 aliphatic rings. The number of hydrogen-bond acceptors (Lipinski definition) is 4. The number of piperazine rings is 1. The Labute approximate surface area is 170 Å². The molecule has 3 aromatic carbocycles. The largest absolute Gasteiger partial charge is 0.454 e. The van der Waals surface area contributed by atoms with Crippen LogP contribution >= 0.6 is 0 Å². The van der Waals surface area contributed by atoms with Crippen molar-refractivity contribution in [3.63, 3.8) is 0 Å². The first-order valence-electron chi connectivity index (χ1n) is 9.81. The standard InChI is InChI=1S/C22H22N2O4S/c25-29(26,20-7-6-18-3-1-2-4-19(18)14-20)24-11-9-23(10-12-24)15-17-5-8-21-22(13-17)28-16-27-21/h1-8,13-14H,9-12,15-16H2/p+1. The van der Waals surface area contributed by atoms with Gasteiger partial charge in [0.2, 0.25) is 16.8 Å². The van der Waals surface area contributed by atoms with Gasteiger partial charge in [0.25, 0.3) is 0 Å². The molecule has 5 rings (SSSR count). The van der Waals surface area contributed by atoms with Crippen LogP contribution in [-0.4, -0.2) is 45.7 Å². The molecule has 0 atom stereocenters. The molecule has 0 bridgehead atoms. The minimum atomic E-state index is -3.47. The summed E-state index contributed by atoms with van der Waals surface area (Å²) in [5.74, 6) is 1.58. The third-order valence-corrected chi connectivity index (χ3v) is 7.57. The number of fused-ring (bicyclic) bond motifs is 2. The average Bonchev–Trinajstić information content (AvgIpc) is 3.22. The predicted octanol–water partition coefficient (Wildman–Crippen LogP) is 1.66. The lowest BCUT2D eigenvalue weighted by Gasteiger charge is -2.31. The van der Waals surface area contributed by atoms with Crippen LogP contribution in [0.3, 0.4) is 0 Å². The molecule has 0 unspecified atom stereocenters. The van der Waals surface area contributed by atoms with Gasteiger partial charge < -0.3 is 14.4 Å². The van der Waals surface area contributed by atoms with E-state index in [1.807, 2.05) is 42.5 Å². The second-order valence-corrected chi connectivity index (χ2v) is 9.47. The lowest BCUT2D eigenvalue weighted by Crippen LogP contribution is -3.13. The van der Waals surface area contributed by atoms with Crippen molar-refractivity contribution in [3.8, 4) is 11.5 Å². The van der Waals surface area contributed by atoms with E-state index in [-0.39, 0.29) is 6.79 Å². The summed E-state index contributed by atoms with van der Waals surface area (Å²) in [5.41, 5.74) is 1.18. The number of hydrogen-bond donors (Lipinski definition) is 1. The number of rotatable bonds is 4. The van der Waals surface area contributed by atoms with E-state index in [9.17, 15) is 8.42 Å². The van der Waals surface area contributed by atoms with Crippen LogP contribution in [0.1, 0.15) is 5.56 Å². The number of benzene rings is 3. The number of sulfonamides is 1. The highest BCUT2D eigenvalue weighted by molar-refractivity contribution is 7.89. The first kappa shape index (κ1) is 18.4. The lowest BCUT2D eigenvalue weighted by atomic mass is 10.1. The van der Waals surface area contributed by atoms with Crippen molar-refractivity contribution >= 4 is 20.8 Å². The summed E-state index contributed by atoms with van der Waals surface area (Å²) in [5, 5.41) is 1.99. The van der Waals surface area contributed by atoms with Crippen LogP contribution in [-0.2, 0) is 16.6 Å². The van der Waals surface area contributed by atoms with Crippen LogP contribution < -0.4 is 14.4 Å². The summed E-state index contributed by atoms with van der Waals surface area (Å²) in [6, 6.07) is 19.2. The van der Waals surface area contributed by atoms with Gasteiger partial charge in [-0.15, -0.1) is 0 Å². The van der Waals surface area contributed by atoms with E-state index in [4.69, 9.17) is 9.47 Å². The van der Waals surface area contributed by atoms with Crippen molar-refractivity contribution in [1.82, 2.24) is 4.31 Å². The van der Waals surface area contributed by atoms with Crippen molar-refractivity contribution < 1.29 is 22.8 Å². The van der Waals surface area contributed by atoms with Crippen LogP contribution in [0.25, 0.3) is 10.8 Å². The molecule has 0 radical (unpaired) electrons. The molecule has 1 saturated heterocycles. The molecular formula is C22H23N2O4S+. The Bertz CT molecular complexity index is 1150. The van der Waals surface area contributed by atoms with Crippen LogP contribution in [0.15, 0.2) is 65.6 Å². The van der Waals surface area contributed by atoms with Gasteiger partial charge >= 0.3 is 0 Å². The number of nitrogens with zero attached hydrogens (tertiary/aromatic N) is 1. The predicted molar refractivity (Wildman–Crippen MR) is 110 cm³/mol. The first-order chi connectivity index (χ1) is 14.1. The monoisotopic (exact) mass is 411 g/mol. The second-order valence-electron chi connectivity index (χ2n) is 7.53. The van der Waals surface area contributed by atoms with E-state index in [0.717, 1.165) is 41.9 Å². The van der Waals surface area contributed by atoms with Crippen molar-refractivity contribution in [2.75, 3.05) is 33.0 Å². The van der Waals surface area contributed by atoms with Crippen molar-refractivity contribution in [2.45, 2.75) is 11.4 Å². The van der Waals surface area contributed by atoms with Crippen molar-refractivity contribution in [3.05, 3.63) is 66.2 Å². The average molecular weight is 412 g/mol. The Kier molecular flexibility index (Phi) is 4.66. The van der Waals surface area contributed by atoms with Gasteiger partial charge in [0.15, 0.2) is 11.5 Å². The highest BCUT2D eigenvalue weighted by atomic mass is 32.2. The van der Waals surface area contributed by atoms with Crippen LogP contribution in [0.4, 0.5) is 0 Å². The van der Waals surface area contributed by atoms with E-state index < -0.39 is 10.0 Å². The van der Waals surface area contributed by atoms with Gasteiger partial charge in [-0.3, -0.25) is 0 Å². The van der Waals surface area contributed by atoms with E-state index >= 15 is 0 Å². The van der Waals surface area contributed by atoms with Gasteiger partial charge in [-0.1, -0.05) is 30.3 Å². The molecule has 6 nitrogen and oxygen atoms in total. The molecule has 2 heterocycles. The normalized spacial score (nSPS) is 17.7. The van der Waals surface area contributed by atoms with E-state index in [1.54, 1.807) is 16.4 Å². The highest BCUT2D eigenvalue weighted by Crippen LogP contribution is 2.32. The zero-order valence-electron chi connectivity index (χ0n) is 16.0. The number of quaternary nitrogens is 1. The molecular weight excluding hydrogens is 388 g/mol. The Morgan fingerprint density at radius 2 is 1.62 bits per heavy atom. The van der Waals surface area contributed by atoms with E-state index in [1.165, 1.54) is 10.5 Å². The fourth-order valence-corrected chi connectivity index (χ4v) is 5.51. The third kappa shape index (κ3) is 3.57. The SMILES string of the molecule is O=S(=O)(c1ccc2ccccc2c1)N1CC[NH+](Cc2ccc3c(c2)OCO3)CC1. The summed E-state index contributed by atoms with van der Waals surface area (Å²) >= 11 is 0. The van der Waals surface area contributed by atoms with Crippen LogP contribution in [0.2, 0.25) is 0 Å². The zero-order chi connectivity index (χ0) is 19.8. The smallest absolute Gasteiger partial charge is 0.243 e. The van der Waals surface area contributed by atoms with Gasteiger partial charge in [0, 0.05) is 5.56 Å². The summed E-state index contributed by atoms with van der Waals surface area (Å²) < 4.78 is 38.6. The molecule has 0 aliphatic carbocycles. The van der Waals surface area contributed by atoms with E-state index in [2.05, 4.69) is 6.07 Å². The van der Waals surface area contributed by atoms with Gasteiger partial charge in [0.1, 0.15) is 6.54 Å². The second kappa shape index (κ2) is 7.33. The van der Waals surface area contributed by atoms with E-state index in [0.29, 0.717) is 18.0 Å². The maximum atomic E-state index is 13.1. The van der Waals surface area contributed by atoms with Gasteiger partial charge in [-0.05, 0) is 41.1 Å².